The highest BCUT2D eigenvalue weighted by Crippen LogP contribution is 2.40. The average molecular weight is 243 g/mol. The molecule has 3 nitrogen and oxygen atoms in total. The summed E-state index contributed by atoms with van der Waals surface area (Å²) in [5, 5.41) is 0. The third kappa shape index (κ3) is 1.63. The summed E-state index contributed by atoms with van der Waals surface area (Å²) >= 11 is 0. The van der Waals surface area contributed by atoms with Gasteiger partial charge in [0, 0.05) is 6.20 Å². The van der Waals surface area contributed by atoms with Crippen molar-refractivity contribution in [2.75, 3.05) is 0 Å². The molecule has 0 N–H and O–H groups in total. The maximum atomic E-state index is 6.11. The van der Waals surface area contributed by atoms with Crippen LogP contribution in [0.5, 0.6) is 0 Å². The second kappa shape index (κ2) is 3.68. The summed E-state index contributed by atoms with van der Waals surface area (Å²) in [7, 11) is -0.261. The number of hydrogen-bond donors (Lipinski definition) is 0. The lowest BCUT2D eigenvalue weighted by Gasteiger charge is -2.32. The predicted molar refractivity (Wildman–Crippen MR) is 73.4 cm³/mol. The molecule has 0 spiro atoms. The van der Waals surface area contributed by atoms with Crippen LogP contribution in [0.25, 0.3) is 0 Å². The molecule has 2 aliphatic heterocycles. The van der Waals surface area contributed by atoms with Gasteiger partial charge in [-0.1, -0.05) is 6.08 Å². The molecular weight excluding hydrogens is 225 g/mol. The number of nitrogens with zero attached hydrogens (tertiary/aromatic N) is 1. The van der Waals surface area contributed by atoms with Crippen molar-refractivity contribution in [2.24, 2.45) is 4.99 Å². The molecule has 3 aliphatic rings. The molecule has 3 rings (SSSR count). The molecule has 0 aromatic heterocycles. The van der Waals surface area contributed by atoms with Gasteiger partial charge in [-0.2, -0.15) is 0 Å². The number of fused-ring (bicyclic) bond motifs is 1. The SMILES string of the molecule is CC1(C)OB(C2=C3C=CN=C3C=CC2)OC1(C)C. The maximum Gasteiger partial charge on any atom is 0.491 e. The summed E-state index contributed by atoms with van der Waals surface area (Å²) < 4.78 is 12.2. The molecule has 0 radical (unpaired) electrons. The molecule has 0 amide bonds. The summed E-state index contributed by atoms with van der Waals surface area (Å²) in [6.07, 6.45) is 8.93. The minimum atomic E-state index is -0.286. The largest absolute Gasteiger partial charge is 0.491 e. The van der Waals surface area contributed by atoms with Crippen LogP contribution in [0.15, 0.2) is 40.5 Å². The number of allylic oxidation sites excluding steroid dienone is 5. The highest BCUT2D eigenvalue weighted by Gasteiger charge is 2.52. The Morgan fingerprint density at radius 1 is 1.11 bits per heavy atom. The van der Waals surface area contributed by atoms with Crippen molar-refractivity contribution >= 4 is 12.8 Å². The Morgan fingerprint density at radius 2 is 1.78 bits per heavy atom. The molecule has 0 unspecified atom stereocenters. The summed E-state index contributed by atoms with van der Waals surface area (Å²) in [6, 6.07) is 0. The van der Waals surface area contributed by atoms with E-state index in [9.17, 15) is 0 Å². The first-order valence-corrected chi connectivity index (χ1v) is 6.41. The van der Waals surface area contributed by atoms with Gasteiger partial charge in [0.15, 0.2) is 0 Å². The third-order valence-corrected chi connectivity index (χ3v) is 4.23. The molecule has 4 heteroatoms. The molecule has 1 saturated heterocycles. The zero-order valence-electron chi connectivity index (χ0n) is 11.4. The van der Waals surface area contributed by atoms with Crippen LogP contribution in [0.4, 0.5) is 0 Å². The Kier molecular flexibility index (Phi) is 2.44. The van der Waals surface area contributed by atoms with Crippen molar-refractivity contribution in [3.05, 3.63) is 35.5 Å². The monoisotopic (exact) mass is 243 g/mol. The van der Waals surface area contributed by atoms with Crippen LogP contribution < -0.4 is 0 Å². The molecular formula is C14H18BNO2. The van der Waals surface area contributed by atoms with Crippen molar-refractivity contribution in [1.29, 1.82) is 0 Å². The fourth-order valence-corrected chi connectivity index (χ4v) is 2.37. The second-order valence-electron chi connectivity index (χ2n) is 5.96. The molecule has 2 heterocycles. The van der Waals surface area contributed by atoms with Gasteiger partial charge in [-0.25, -0.2) is 0 Å². The Morgan fingerprint density at radius 3 is 2.44 bits per heavy atom. The molecule has 0 aromatic carbocycles. The van der Waals surface area contributed by atoms with E-state index in [-0.39, 0.29) is 18.3 Å². The lowest BCUT2D eigenvalue weighted by molar-refractivity contribution is 0.00578. The van der Waals surface area contributed by atoms with Gasteiger partial charge in [-0.3, -0.25) is 4.99 Å². The van der Waals surface area contributed by atoms with Crippen LogP contribution in [-0.2, 0) is 9.31 Å². The van der Waals surface area contributed by atoms with Gasteiger partial charge >= 0.3 is 7.12 Å². The minimum absolute atomic E-state index is 0.261. The standard InChI is InChI=1S/C14H18BNO2/c1-13(2)14(3,4)18-15(17-13)11-6-5-7-12-10(11)8-9-16-12/h5,7-9H,6H2,1-4H3. The van der Waals surface area contributed by atoms with Crippen LogP contribution in [-0.4, -0.2) is 24.0 Å². The molecule has 0 bridgehead atoms. The molecule has 18 heavy (non-hydrogen) atoms. The fourth-order valence-electron chi connectivity index (χ4n) is 2.37. The minimum Gasteiger partial charge on any atom is -0.400 e. The molecule has 0 atom stereocenters. The maximum absolute atomic E-state index is 6.11. The van der Waals surface area contributed by atoms with E-state index in [1.807, 2.05) is 12.3 Å². The van der Waals surface area contributed by atoms with E-state index in [0.29, 0.717) is 0 Å². The van der Waals surface area contributed by atoms with Crippen molar-refractivity contribution in [2.45, 2.75) is 45.3 Å². The van der Waals surface area contributed by atoms with Gasteiger partial charge in [0.05, 0.1) is 16.9 Å². The van der Waals surface area contributed by atoms with E-state index < -0.39 is 0 Å². The number of rotatable bonds is 1. The van der Waals surface area contributed by atoms with Crippen molar-refractivity contribution < 1.29 is 9.31 Å². The first-order valence-electron chi connectivity index (χ1n) is 6.41. The van der Waals surface area contributed by atoms with Gasteiger partial charge in [-0.15, -0.1) is 0 Å². The van der Waals surface area contributed by atoms with Crippen LogP contribution in [0, 0.1) is 0 Å². The van der Waals surface area contributed by atoms with E-state index in [4.69, 9.17) is 9.31 Å². The zero-order chi connectivity index (χ0) is 13.0. The van der Waals surface area contributed by atoms with E-state index >= 15 is 0 Å². The lowest BCUT2D eigenvalue weighted by Crippen LogP contribution is -2.41. The summed E-state index contributed by atoms with van der Waals surface area (Å²) in [6.45, 7) is 8.32. The van der Waals surface area contributed by atoms with Gasteiger partial charge in [0.1, 0.15) is 0 Å². The molecule has 94 valence electrons. The third-order valence-electron chi connectivity index (χ3n) is 4.23. The van der Waals surface area contributed by atoms with E-state index in [0.717, 1.165) is 17.7 Å². The molecule has 0 saturated carbocycles. The Bertz CT molecular complexity index is 496. The second-order valence-corrected chi connectivity index (χ2v) is 5.96. The van der Waals surface area contributed by atoms with Crippen LogP contribution in [0.3, 0.4) is 0 Å². The van der Waals surface area contributed by atoms with E-state index in [1.54, 1.807) is 0 Å². The lowest BCUT2D eigenvalue weighted by atomic mass is 9.71. The van der Waals surface area contributed by atoms with E-state index in [1.165, 1.54) is 5.47 Å². The Hall–Kier alpha value is -1.13. The van der Waals surface area contributed by atoms with Gasteiger partial charge in [-0.05, 0) is 57.3 Å². The van der Waals surface area contributed by atoms with Gasteiger partial charge in [0.25, 0.3) is 0 Å². The molecule has 1 aliphatic carbocycles. The summed E-state index contributed by atoms with van der Waals surface area (Å²) in [4.78, 5) is 4.33. The average Bonchev–Trinajstić information content (AvgIpc) is 2.81. The highest BCUT2D eigenvalue weighted by molar-refractivity contribution is 6.56. The zero-order valence-corrected chi connectivity index (χ0v) is 11.4. The predicted octanol–water partition coefficient (Wildman–Crippen LogP) is 2.84. The number of aliphatic imine (C=N–C) groups is 1. The van der Waals surface area contributed by atoms with Crippen LogP contribution in [0.2, 0.25) is 0 Å². The van der Waals surface area contributed by atoms with Gasteiger partial charge < -0.3 is 9.31 Å². The van der Waals surface area contributed by atoms with Crippen LogP contribution >= 0.6 is 0 Å². The molecule has 1 fully saturated rings. The highest BCUT2D eigenvalue weighted by atomic mass is 16.7. The fraction of sp³-hybridized carbons (Fsp3) is 0.500. The van der Waals surface area contributed by atoms with Crippen molar-refractivity contribution in [3.63, 3.8) is 0 Å². The summed E-state index contributed by atoms with van der Waals surface area (Å²) in [5.74, 6) is 0. The van der Waals surface area contributed by atoms with Crippen LogP contribution in [0.1, 0.15) is 34.1 Å². The summed E-state index contributed by atoms with van der Waals surface area (Å²) in [5.41, 5.74) is 2.79. The van der Waals surface area contributed by atoms with Crippen molar-refractivity contribution in [1.82, 2.24) is 0 Å². The quantitative estimate of drug-likeness (QED) is 0.663. The first kappa shape index (κ1) is 11.9. The van der Waals surface area contributed by atoms with E-state index in [2.05, 4.69) is 44.8 Å². The Labute approximate surface area is 108 Å². The van der Waals surface area contributed by atoms with Gasteiger partial charge in [0.2, 0.25) is 0 Å². The number of hydrogen-bond acceptors (Lipinski definition) is 3. The topological polar surface area (TPSA) is 30.8 Å². The first-order chi connectivity index (χ1) is 8.41. The smallest absolute Gasteiger partial charge is 0.400 e. The normalized spacial score (nSPS) is 27.8. The molecule has 0 aromatic rings. The Balaban J connectivity index is 1.95. The van der Waals surface area contributed by atoms with Crippen molar-refractivity contribution in [3.8, 4) is 0 Å².